The fourth-order valence-electron chi connectivity index (χ4n) is 2.39. The molecule has 19 heavy (non-hydrogen) atoms. The van der Waals surface area contributed by atoms with Crippen molar-refractivity contribution in [1.29, 1.82) is 0 Å². The highest BCUT2D eigenvalue weighted by Gasteiger charge is 2.26. The molecule has 102 valence electrons. The minimum atomic E-state index is -0.371. The first kappa shape index (κ1) is 12.4. The van der Waals surface area contributed by atoms with Crippen LogP contribution in [-0.4, -0.2) is 45.4 Å². The van der Waals surface area contributed by atoms with Crippen molar-refractivity contribution in [3.8, 4) is 0 Å². The molecular formula is C11H15N5O2S. The van der Waals surface area contributed by atoms with Crippen molar-refractivity contribution in [1.82, 2.24) is 14.3 Å². The van der Waals surface area contributed by atoms with E-state index in [1.54, 1.807) is 11.6 Å². The topological polar surface area (TPSA) is 75.7 Å². The Labute approximate surface area is 114 Å². The number of aromatic nitrogens is 2. The van der Waals surface area contributed by atoms with E-state index in [2.05, 4.69) is 22.2 Å². The van der Waals surface area contributed by atoms with E-state index >= 15 is 0 Å². The first-order chi connectivity index (χ1) is 9.15. The van der Waals surface area contributed by atoms with E-state index in [9.17, 15) is 10.1 Å². The number of hydrogen-bond donors (Lipinski definition) is 1. The number of piperidine rings is 1. The number of nitrogens with one attached hydrogen (secondary N) is 1. The van der Waals surface area contributed by atoms with Gasteiger partial charge in [-0.3, -0.25) is 0 Å². The van der Waals surface area contributed by atoms with Gasteiger partial charge in [-0.25, -0.2) is 0 Å². The molecule has 1 N–H and O–H groups in total. The Morgan fingerprint density at radius 2 is 2.26 bits per heavy atom. The number of fused-ring (bicyclic) bond motifs is 1. The van der Waals surface area contributed by atoms with Crippen molar-refractivity contribution in [2.75, 3.05) is 25.5 Å². The maximum atomic E-state index is 11.2. The minimum Gasteiger partial charge on any atom is -0.360 e. The highest BCUT2D eigenvalue weighted by atomic mass is 32.1. The molecule has 0 unspecified atom stereocenters. The molecule has 7 nitrogen and oxygen atoms in total. The van der Waals surface area contributed by atoms with E-state index in [1.165, 1.54) is 15.7 Å². The van der Waals surface area contributed by atoms with E-state index < -0.39 is 0 Å². The summed E-state index contributed by atoms with van der Waals surface area (Å²) in [5, 5.41) is 16.2. The van der Waals surface area contributed by atoms with Crippen LogP contribution in [0.4, 0.5) is 11.6 Å². The zero-order chi connectivity index (χ0) is 13.4. The summed E-state index contributed by atoms with van der Waals surface area (Å²) in [4.78, 5) is 18.1. The SMILES string of the molecule is CN1CCC(Nc2nc3sccn3c2[N+](=O)[O-])CC1. The van der Waals surface area contributed by atoms with E-state index in [0.717, 1.165) is 25.9 Å². The largest absolute Gasteiger partial charge is 0.372 e. The molecule has 0 amide bonds. The summed E-state index contributed by atoms with van der Waals surface area (Å²) >= 11 is 1.40. The molecule has 3 heterocycles. The van der Waals surface area contributed by atoms with Gasteiger partial charge in [0.25, 0.3) is 4.96 Å². The van der Waals surface area contributed by atoms with Crippen molar-refractivity contribution >= 4 is 27.9 Å². The number of imidazole rings is 1. The van der Waals surface area contributed by atoms with Crippen molar-refractivity contribution in [2.45, 2.75) is 18.9 Å². The highest BCUT2D eigenvalue weighted by molar-refractivity contribution is 7.15. The molecule has 0 radical (unpaired) electrons. The molecule has 0 atom stereocenters. The van der Waals surface area contributed by atoms with Crippen LogP contribution in [0.2, 0.25) is 0 Å². The number of nitro groups is 1. The Hall–Kier alpha value is -1.67. The lowest BCUT2D eigenvalue weighted by Crippen LogP contribution is -2.36. The van der Waals surface area contributed by atoms with Gasteiger partial charge in [-0.2, -0.15) is 9.38 Å². The summed E-state index contributed by atoms with van der Waals surface area (Å²) in [6.45, 7) is 2.02. The Morgan fingerprint density at radius 1 is 1.53 bits per heavy atom. The first-order valence-corrected chi connectivity index (χ1v) is 7.08. The van der Waals surface area contributed by atoms with Crippen LogP contribution in [0.1, 0.15) is 12.8 Å². The lowest BCUT2D eigenvalue weighted by atomic mass is 10.1. The van der Waals surface area contributed by atoms with Gasteiger partial charge in [0.15, 0.2) is 0 Å². The van der Waals surface area contributed by atoms with Crippen LogP contribution in [0, 0.1) is 10.1 Å². The average Bonchev–Trinajstić information content (AvgIpc) is 2.91. The second kappa shape index (κ2) is 4.78. The van der Waals surface area contributed by atoms with Crippen LogP contribution in [0.25, 0.3) is 4.96 Å². The van der Waals surface area contributed by atoms with Crippen LogP contribution in [0.5, 0.6) is 0 Å². The van der Waals surface area contributed by atoms with Crippen molar-refractivity contribution < 1.29 is 4.92 Å². The van der Waals surface area contributed by atoms with Gasteiger partial charge < -0.3 is 20.3 Å². The predicted octanol–water partition coefficient (Wildman–Crippen LogP) is 1.81. The number of thiazole rings is 1. The zero-order valence-electron chi connectivity index (χ0n) is 10.6. The number of hydrogen-bond acceptors (Lipinski definition) is 6. The Bertz CT molecular complexity index is 599. The lowest BCUT2D eigenvalue weighted by molar-refractivity contribution is -0.389. The van der Waals surface area contributed by atoms with Crippen LogP contribution < -0.4 is 5.32 Å². The molecule has 2 aromatic heterocycles. The fourth-order valence-corrected chi connectivity index (χ4v) is 3.10. The summed E-state index contributed by atoms with van der Waals surface area (Å²) in [7, 11) is 2.09. The summed E-state index contributed by atoms with van der Waals surface area (Å²) in [5.74, 6) is 0.432. The van der Waals surface area contributed by atoms with Gasteiger partial charge in [0.1, 0.15) is 6.20 Å². The minimum absolute atomic E-state index is 0.0372. The van der Waals surface area contributed by atoms with Crippen LogP contribution in [-0.2, 0) is 0 Å². The molecule has 1 saturated heterocycles. The molecule has 1 aliphatic heterocycles. The summed E-state index contributed by atoms with van der Waals surface area (Å²) in [6, 6.07) is 0.263. The number of likely N-dealkylation sites (tertiary alicyclic amines) is 1. The van der Waals surface area contributed by atoms with Crippen molar-refractivity contribution in [3.63, 3.8) is 0 Å². The van der Waals surface area contributed by atoms with Crippen LogP contribution >= 0.6 is 11.3 Å². The Kier molecular flexibility index (Phi) is 3.11. The van der Waals surface area contributed by atoms with E-state index in [0.29, 0.717) is 10.8 Å². The first-order valence-electron chi connectivity index (χ1n) is 6.20. The normalized spacial score (nSPS) is 17.9. The smallest absolute Gasteiger partial charge is 0.360 e. The molecule has 8 heteroatoms. The summed E-state index contributed by atoms with van der Waals surface area (Å²) < 4.78 is 1.53. The van der Waals surface area contributed by atoms with Crippen LogP contribution in [0.15, 0.2) is 11.6 Å². The molecule has 0 aliphatic carbocycles. The average molecular weight is 281 g/mol. The van der Waals surface area contributed by atoms with Gasteiger partial charge in [0.05, 0.1) is 0 Å². The molecule has 0 saturated carbocycles. The predicted molar refractivity (Wildman–Crippen MR) is 73.9 cm³/mol. The third-order valence-corrected chi connectivity index (χ3v) is 4.23. The fraction of sp³-hybridized carbons (Fsp3) is 0.545. The molecule has 2 aromatic rings. The third kappa shape index (κ3) is 2.28. The maximum absolute atomic E-state index is 11.2. The van der Waals surface area contributed by atoms with Crippen LogP contribution in [0.3, 0.4) is 0 Å². The molecule has 1 aliphatic rings. The van der Waals surface area contributed by atoms with Gasteiger partial charge in [-0.05, 0) is 37.9 Å². The van der Waals surface area contributed by atoms with Gasteiger partial charge in [0, 0.05) is 11.4 Å². The van der Waals surface area contributed by atoms with Gasteiger partial charge >= 0.3 is 5.82 Å². The Morgan fingerprint density at radius 3 is 2.95 bits per heavy atom. The van der Waals surface area contributed by atoms with Gasteiger partial charge in [-0.1, -0.05) is 11.3 Å². The lowest BCUT2D eigenvalue weighted by Gasteiger charge is -2.29. The third-order valence-electron chi connectivity index (χ3n) is 3.47. The van der Waals surface area contributed by atoms with E-state index in [-0.39, 0.29) is 16.8 Å². The standard InChI is InChI=1S/C11H15N5O2S/c1-14-4-2-8(3-5-14)12-9-10(16(17)18)15-6-7-19-11(15)13-9/h6-8,12H,2-5H2,1H3. The molecule has 0 spiro atoms. The van der Waals surface area contributed by atoms with E-state index in [1.807, 2.05) is 0 Å². The second-order valence-electron chi connectivity index (χ2n) is 4.82. The quantitative estimate of drug-likeness (QED) is 0.686. The summed E-state index contributed by atoms with van der Waals surface area (Å²) in [6.07, 6.45) is 3.66. The van der Waals surface area contributed by atoms with E-state index in [4.69, 9.17) is 0 Å². The van der Waals surface area contributed by atoms with Crippen molar-refractivity contribution in [3.05, 3.63) is 21.7 Å². The molecule has 0 bridgehead atoms. The molecule has 1 fully saturated rings. The molecular weight excluding hydrogens is 266 g/mol. The number of nitrogens with zero attached hydrogens (tertiary/aromatic N) is 4. The molecule has 3 rings (SSSR count). The molecule has 0 aromatic carbocycles. The number of anilines is 1. The second-order valence-corrected chi connectivity index (χ2v) is 5.69. The van der Waals surface area contributed by atoms with Crippen molar-refractivity contribution in [2.24, 2.45) is 0 Å². The van der Waals surface area contributed by atoms with Gasteiger partial charge in [-0.15, -0.1) is 0 Å². The zero-order valence-corrected chi connectivity index (χ0v) is 11.4. The maximum Gasteiger partial charge on any atom is 0.372 e. The number of rotatable bonds is 3. The highest BCUT2D eigenvalue weighted by Crippen LogP contribution is 2.29. The summed E-state index contributed by atoms with van der Waals surface area (Å²) in [5.41, 5.74) is 0. The van der Waals surface area contributed by atoms with Gasteiger partial charge in [0.2, 0.25) is 5.82 Å². The Balaban J connectivity index is 1.86. The monoisotopic (exact) mass is 281 g/mol.